The summed E-state index contributed by atoms with van der Waals surface area (Å²) in [6.07, 6.45) is 0. The van der Waals surface area contributed by atoms with Crippen molar-refractivity contribution in [3.63, 3.8) is 0 Å². The summed E-state index contributed by atoms with van der Waals surface area (Å²) in [5.74, 6) is -1.45. The number of fused-ring (bicyclic) bond motifs is 1. The van der Waals surface area contributed by atoms with E-state index in [9.17, 15) is 9.18 Å². The fourth-order valence-corrected chi connectivity index (χ4v) is 1.44. The Kier molecular flexibility index (Phi) is 2.15. The molecule has 0 aliphatic carbocycles. The smallest absolute Gasteiger partial charge is 0.361 e. The maximum atomic E-state index is 13.7. The fraction of sp³-hybridized carbons (Fsp3) is 0.200. The van der Waals surface area contributed by atoms with Crippen LogP contribution in [0.25, 0.3) is 5.65 Å². The molecule has 5 heteroatoms. The molecule has 0 aliphatic rings. The molecule has 0 saturated carbocycles. The van der Waals surface area contributed by atoms with E-state index in [2.05, 4.69) is 9.72 Å². The summed E-state index contributed by atoms with van der Waals surface area (Å²) >= 11 is 0. The lowest BCUT2D eigenvalue weighted by molar-refractivity contribution is 0.0589. The Bertz CT molecular complexity index is 533. The first kappa shape index (κ1) is 9.64. The van der Waals surface area contributed by atoms with Gasteiger partial charge in [0.15, 0.2) is 0 Å². The van der Waals surface area contributed by atoms with E-state index >= 15 is 0 Å². The van der Waals surface area contributed by atoms with Gasteiger partial charge in [-0.1, -0.05) is 6.07 Å². The van der Waals surface area contributed by atoms with Crippen molar-refractivity contribution in [2.75, 3.05) is 7.11 Å². The number of methoxy groups -OCH3 is 1. The van der Waals surface area contributed by atoms with E-state index in [1.807, 2.05) is 0 Å². The molecule has 0 aromatic carbocycles. The van der Waals surface area contributed by atoms with Crippen LogP contribution in [0.15, 0.2) is 18.2 Å². The van der Waals surface area contributed by atoms with Gasteiger partial charge in [0.05, 0.1) is 7.11 Å². The van der Waals surface area contributed by atoms with E-state index in [1.54, 1.807) is 25.1 Å². The van der Waals surface area contributed by atoms with Crippen LogP contribution in [-0.2, 0) is 4.74 Å². The quantitative estimate of drug-likeness (QED) is 0.668. The minimum absolute atomic E-state index is 0.285. The van der Waals surface area contributed by atoms with Crippen LogP contribution in [0.3, 0.4) is 0 Å². The standard InChI is InChI=1S/C10H9FN2O2/c1-6-4-3-5-7-12-8(10(14)15-2)9(11)13(6)7/h3-5H,1-2H3. The van der Waals surface area contributed by atoms with Crippen LogP contribution < -0.4 is 0 Å². The summed E-state index contributed by atoms with van der Waals surface area (Å²) in [6, 6.07) is 5.11. The molecule has 0 N–H and O–H groups in total. The lowest BCUT2D eigenvalue weighted by Gasteiger charge is -1.98. The Morgan fingerprint density at radius 1 is 1.53 bits per heavy atom. The first-order valence-electron chi connectivity index (χ1n) is 4.37. The normalized spacial score (nSPS) is 10.6. The van der Waals surface area contributed by atoms with E-state index in [0.29, 0.717) is 11.3 Å². The molecule has 0 aliphatic heterocycles. The zero-order valence-electron chi connectivity index (χ0n) is 8.32. The second-order valence-corrected chi connectivity index (χ2v) is 3.10. The van der Waals surface area contributed by atoms with Crippen molar-refractivity contribution in [2.45, 2.75) is 6.92 Å². The summed E-state index contributed by atoms with van der Waals surface area (Å²) in [7, 11) is 1.19. The zero-order valence-corrected chi connectivity index (χ0v) is 8.32. The number of ether oxygens (including phenoxy) is 1. The number of pyridine rings is 1. The number of esters is 1. The fourth-order valence-electron chi connectivity index (χ4n) is 1.44. The molecule has 15 heavy (non-hydrogen) atoms. The minimum atomic E-state index is -0.768. The number of imidazole rings is 1. The number of rotatable bonds is 1. The Labute approximate surface area is 85.3 Å². The van der Waals surface area contributed by atoms with Gasteiger partial charge in [0.1, 0.15) is 5.65 Å². The molecule has 2 aromatic rings. The van der Waals surface area contributed by atoms with Crippen molar-refractivity contribution in [3.05, 3.63) is 35.5 Å². The Balaban J connectivity index is 2.75. The average Bonchev–Trinajstić information content (AvgIpc) is 2.56. The predicted octanol–water partition coefficient (Wildman–Crippen LogP) is 1.57. The van der Waals surface area contributed by atoms with Crippen LogP contribution in [0.1, 0.15) is 16.2 Å². The number of carbonyl (C=O) groups is 1. The molecule has 0 unspecified atom stereocenters. The highest BCUT2D eigenvalue weighted by atomic mass is 19.1. The van der Waals surface area contributed by atoms with Crippen molar-refractivity contribution in [1.82, 2.24) is 9.38 Å². The van der Waals surface area contributed by atoms with E-state index in [0.717, 1.165) is 0 Å². The molecule has 0 bridgehead atoms. The lowest BCUT2D eigenvalue weighted by atomic mass is 10.4. The second-order valence-electron chi connectivity index (χ2n) is 3.10. The van der Waals surface area contributed by atoms with Crippen molar-refractivity contribution < 1.29 is 13.9 Å². The molecular formula is C10H9FN2O2. The van der Waals surface area contributed by atoms with Crippen molar-refractivity contribution in [1.29, 1.82) is 0 Å². The van der Waals surface area contributed by atoms with Gasteiger partial charge in [-0.2, -0.15) is 4.39 Å². The Morgan fingerprint density at radius 3 is 2.87 bits per heavy atom. The molecule has 4 nitrogen and oxygen atoms in total. The summed E-state index contributed by atoms with van der Waals surface area (Å²) < 4.78 is 19.4. The third-order valence-corrected chi connectivity index (χ3v) is 2.16. The van der Waals surface area contributed by atoms with Gasteiger partial charge >= 0.3 is 5.97 Å². The molecule has 0 radical (unpaired) electrons. The molecule has 0 fully saturated rings. The summed E-state index contributed by atoms with van der Waals surface area (Å²) in [5.41, 5.74) is 0.785. The van der Waals surface area contributed by atoms with Gasteiger partial charge in [0, 0.05) is 5.69 Å². The van der Waals surface area contributed by atoms with E-state index in [-0.39, 0.29) is 5.69 Å². The van der Waals surface area contributed by atoms with E-state index in [4.69, 9.17) is 0 Å². The number of hydrogen-bond donors (Lipinski definition) is 0. The van der Waals surface area contributed by atoms with Gasteiger partial charge in [0.2, 0.25) is 11.6 Å². The van der Waals surface area contributed by atoms with Gasteiger partial charge in [-0.25, -0.2) is 9.78 Å². The van der Waals surface area contributed by atoms with Crippen LogP contribution >= 0.6 is 0 Å². The molecule has 0 spiro atoms. The van der Waals surface area contributed by atoms with Gasteiger partial charge in [0.25, 0.3) is 0 Å². The molecule has 78 valence electrons. The van der Waals surface area contributed by atoms with Crippen LogP contribution in [0.2, 0.25) is 0 Å². The van der Waals surface area contributed by atoms with Crippen LogP contribution in [0.5, 0.6) is 0 Å². The van der Waals surface area contributed by atoms with Crippen LogP contribution in [0, 0.1) is 12.9 Å². The van der Waals surface area contributed by atoms with Crippen molar-refractivity contribution in [3.8, 4) is 0 Å². The zero-order chi connectivity index (χ0) is 11.0. The SMILES string of the molecule is COC(=O)c1nc2cccc(C)n2c1F. The van der Waals surface area contributed by atoms with Gasteiger partial charge in [-0.15, -0.1) is 0 Å². The van der Waals surface area contributed by atoms with Crippen molar-refractivity contribution >= 4 is 11.6 Å². The molecule has 2 heterocycles. The molecular weight excluding hydrogens is 199 g/mol. The van der Waals surface area contributed by atoms with Crippen LogP contribution in [-0.4, -0.2) is 22.5 Å². The predicted molar refractivity (Wildman–Crippen MR) is 51.2 cm³/mol. The van der Waals surface area contributed by atoms with Crippen molar-refractivity contribution in [2.24, 2.45) is 0 Å². The highest BCUT2D eigenvalue weighted by Gasteiger charge is 2.19. The number of halogens is 1. The van der Waals surface area contributed by atoms with E-state index in [1.165, 1.54) is 11.5 Å². The number of hydrogen-bond acceptors (Lipinski definition) is 3. The first-order valence-corrected chi connectivity index (χ1v) is 4.37. The Hall–Kier alpha value is -1.91. The summed E-state index contributed by atoms with van der Waals surface area (Å²) in [5, 5.41) is 0. The first-order chi connectivity index (χ1) is 7.15. The lowest BCUT2D eigenvalue weighted by Crippen LogP contribution is -2.05. The maximum Gasteiger partial charge on any atom is 0.361 e. The molecule has 0 amide bonds. The second kappa shape index (κ2) is 3.34. The monoisotopic (exact) mass is 208 g/mol. The third kappa shape index (κ3) is 1.36. The molecule has 0 saturated heterocycles. The molecule has 2 aromatic heterocycles. The average molecular weight is 208 g/mol. The number of nitrogens with zero attached hydrogens (tertiary/aromatic N) is 2. The third-order valence-electron chi connectivity index (χ3n) is 2.16. The molecule has 0 atom stereocenters. The highest BCUT2D eigenvalue weighted by Crippen LogP contribution is 2.14. The number of aryl methyl sites for hydroxylation is 1. The largest absolute Gasteiger partial charge is 0.464 e. The van der Waals surface area contributed by atoms with Gasteiger partial charge in [-0.05, 0) is 19.1 Å². The summed E-state index contributed by atoms with van der Waals surface area (Å²) in [4.78, 5) is 15.0. The topological polar surface area (TPSA) is 43.6 Å². The van der Waals surface area contributed by atoms with Gasteiger partial charge in [-0.3, -0.25) is 4.40 Å². The van der Waals surface area contributed by atoms with E-state index < -0.39 is 11.9 Å². The Morgan fingerprint density at radius 2 is 2.27 bits per heavy atom. The van der Waals surface area contributed by atoms with Crippen LogP contribution in [0.4, 0.5) is 4.39 Å². The molecule has 2 rings (SSSR count). The minimum Gasteiger partial charge on any atom is -0.464 e. The highest BCUT2D eigenvalue weighted by molar-refractivity contribution is 5.88. The summed E-state index contributed by atoms with van der Waals surface area (Å²) in [6.45, 7) is 1.73. The number of aromatic nitrogens is 2. The number of carbonyl (C=O) groups excluding carboxylic acids is 1. The maximum absolute atomic E-state index is 13.7. The van der Waals surface area contributed by atoms with Gasteiger partial charge < -0.3 is 4.74 Å².